The first-order valence-electron chi connectivity index (χ1n) is 9.94. The van der Waals surface area contributed by atoms with Crippen molar-refractivity contribution in [3.63, 3.8) is 0 Å². The van der Waals surface area contributed by atoms with E-state index in [0.29, 0.717) is 27.7 Å². The fourth-order valence-corrected chi connectivity index (χ4v) is 3.13. The van der Waals surface area contributed by atoms with Crippen LogP contribution in [0.3, 0.4) is 0 Å². The van der Waals surface area contributed by atoms with E-state index in [1.54, 1.807) is 22.8 Å². The van der Waals surface area contributed by atoms with Crippen LogP contribution in [0, 0.1) is 11.7 Å². The first-order chi connectivity index (χ1) is 15.3. The van der Waals surface area contributed by atoms with Gasteiger partial charge >= 0.3 is 0 Å². The summed E-state index contributed by atoms with van der Waals surface area (Å²) >= 11 is 5.25. The molecule has 2 aromatic carbocycles. The largest absolute Gasteiger partial charge is 0.493 e. The van der Waals surface area contributed by atoms with Crippen LogP contribution in [0.2, 0.25) is 0 Å². The van der Waals surface area contributed by atoms with Crippen molar-refractivity contribution in [1.29, 1.82) is 0 Å². The first kappa shape index (κ1) is 23.0. The fraction of sp³-hybridized carbons (Fsp3) is 0.273. The van der Waals surface area contributed by atoms with E-state index in [4.69, 9.17) is 21.7 Å². The maximum atomic E-state index is 12.5. The number of H-pyrrole nitrogens is 1. The fourth-order valence-electron chi connectivity index (χ4n) is 2.93. The number of rotatable bonds is 7. The highest BCUT2D eigenvalue weighted by atomic mass is 32.1. The number of aromatic nitrogens is 3. The number of ether oxygens (including phenoxy) is 2. The van der Waals surface area contributed by atoms with E-state index < -0.39 is 11.8 Å². The van der Waals surface area contributed by atoms with Crippen LogP contribution in [0.1, 0.15) is 29.8 Å². The number of methoxy groups -OCH3 is 1. The number of aryl methyl sites for hydroxylation is 1. The Morgan fingerprint density at radius 2 is 1.84 bits per heavy atom. The minimum atomic E-state index is -0.498. The summed E-state index contributed by atoms with van der Waals surface area (Å²) < 4.78 is 12.8. The second-order valence-corrected chi connectivity index (χ2v) is 7.73. The lowest BCUT2D eigenvalue weighted by atomic mass is 10.1. The number of amides is 2. The third-order valence-electron chi connectivity index (χ3n) is 4.47. The molecule has 10 heteroatoms. The molecule has 1 heterocycles. The molecule has 0 aliphatic heterocycles. The summed E-state index contributed by atoms with van der Waals surface area (Å²) in [4.78, 5) is 24.9. The van der Waals surface area contributed by atoms with Gasteiger partial charge in [0.15, 0.2) is 22.1 Å². The molecule has 0 radical (unpaired) electrons. The molecule has 3 rings (SSSR count). The molecule has 0 spiro atoms. The van der Waals surface area contributed by atoms with Gasteiger partial charge < -0.3 is 9.47 Å². The zero-order chi connectivity index (χ0) is 23.3. The van der Waals surface area contributed by atoms with Gasteiger partial charge in [0.25, 0.3) is 11.8 Å². The van der Waals surface area contributed by atoms with Crippen LogP contribution in [0.25, 0.3) is 11.4 Å². The van der Waals surface area contributed by atoms with E-state index in [-0.39, 0.29) is 12.6 Å². The number of nitrogens with zero attached hydrogens (tertiary/aromatic N) is 2. The minimum absolute atomic E-state index is 0.0395. The second kappa shape index (κ2) is 10.1. The van der Waals surface area contributed by atoms with E-state index in [2.05, 4.69) is 21.0 Å². The predicted molar refractivity (Wildman–Crippen MR) is 122 cm³/mol. The Morgan fingerprint density at radius 3 is 2.50 bits per heavy atom. The van der Waals surface area contributed by atoms with Gasteiger partial charge in [-0.25, -0.2) is 0 Å². The zero-order valence-electron chi connectivity index (χ0n) is 18.3. The molecule has 168 valence electrons. The summed E-state index contributed by atoms with van der Waals surface area (Å²) in [5.74, 6) is 0.520. The Morgan fingerprint density at radius 1 is 1.12 bits per heavy atom. The standard InChI is InChI=1S/C22H25N5O4S/c1-13(2)31-17-10-9-16(11-18(17)30-4)21(29)25-23-19(28)12-27-20(24-26-22(27)32)15-7-5-14(3)6-8-15/h5-11,13H,12H2,1-4H3,(H,23,28)(H,25,29)(H,26,32). The van der Waals surface area contributed by atoms with E-state index in [1.165, 1.54) is 7.11 Å². The smallest absolute Gasteiger partial charge is 0.269 e. The number of hydrogen-bond donors (Lipinski definition) is 3. The Kier molecular flexibility index (Phi) is 7.26. The van der Waals surface area contributed by atoms with Gasteiger partial charge in [-0.1, -0.05) is 29.8 Å². The highest BCUT2D eigenvalue weighted by molar-refractivity contribution is 7.71. The van der Waals surface area contributed by atoms with Crippen LogP contribution in [-0.2, 0) is 11.3 Å². The molecule has 0 aliphatic rings. The molecule has 3 aromatic rings. The van der Waals surface area contributed by atoms with Gasteiger partial charge in [0.1, 0.15) is 6.54 Å². The SMILES string of the molecule is COc1cc(C(=O)NNC(=O)Cn2c(-c3ccc(C)cc3)n[nH]c2=S)ccc1OC(C)C. The van der Waals surface area contributed by atoms with Crippen molar-refractivity contribution in [2.75, 3.05) is 7.11 Å². The van der Waals surface area contributed by atoms with Gasteiger partial charge in [0.2, 0.25) is 0 Å². The Hall–Kier alpha value is -3.66. The van der Waals surface area contributed by atoms with Crippen LogP contribution in [0.15, 0.2) is 42.5 Å². The number of benzene rings is 2. The maximum absolute atomic E-state index is 12.5. The molecule has 0 fully saturated rings. The van der Waals surface area contributed by atoms with E-state index in [9.17, 15) is 9.59 Å². The summed E-state index contributed by atoms with van der Waals surface area (Å²) in [6.45, 7) is 5.65. The van der Waals surface area contributed by atoms with E-state index >= 15 is 0 Å². The molecular weight excluding hydrogens is 430 g/mol. The van der Waals surface area contributed by atoms with Crippen molar-refractivity contribution in [2.45, 2.75) is 33.4 Å². The van der Waals surface area contributed by atoms with Gasteiger partial charge in [0, 0.05) is 11.1 Å². The highest BCUT2D eigenvalue weighted by Crippen LogP contribution is 2.28. The van der Waals surface area contributed by atoms with Gasteiger partial charge in [-0.2, -0.15) is 5.10 Å². The first-order valence-corrected chi connectivity index (χ1v) is 10.4. The molecular formula is C22H25N5O4S. The van der Waals surface area contributed by atoms with Gasteiger partial charge in [0.05, 0.1) is 13.2 Å². The van der Waals surface area contributed by atoms with Crippen molar-refractivity contribution < 1.29 is 19.1 Å². The molecule has 2 amide bonds. The molecule has 0 unspecified atom stereocenters. The van der Waals surface area contributed by atoms with Crippen molar-refractivity contribution >= 4 is 24.0 Å². The van der Waals surface area contributed by atoms with Gasteiger partial charge in [-0.3, -0.25) is 30.1 Å². The number of aromatic amines is 1. The number of carbonyl (C=O) groups is 2. The average Bonchev–Trinajstić information content (AvgIpc) is 3.12. The van der Waals surface area contributed by atoms with Gasteiger partial charge in [-0.15, -0.1) is 0 Å². The van der Waals surface area contributed by atoms with E-state index in [1.807, 2.05) is 45.0 Å². The summed E-state index contributed by atoms with van der Waals surface area (Å²) in [6.07, 6.45) is -0.0395. The maximum Gasteiger partial charge on any atom is 0.269 e. The average molecular weight is 456 g/mol. The zero-order valence-corrected chi connectivity index (χ0v) is 19.1. The van der Waals surface area contributed by atoms with Crippen molar-refractivity contribution in [3.05, 3.63) is 58.4 Å². The third-order valence-corrected chi connectivity index (χ3v) is 4.79. The predicted octanol–water partition coefficient (Wildman–Crippen LogP) is 3.17. The summed E-state index contributed by atoms with van der Waals surface area (Å²) in [7, 11) is 1.49. The number of nitrogens with one attached hydrogen (secondary N) is 3. The summed E-state index contributed by atoms with van der Waals surface area (Å²) in [5, 5.41) is 6.91. The van der Waals surface area contributed by atoms with Crippen LogP contribution >= 0.6 is 12.2 Å². The van der Waals surface area contributed by atoms with Crippen LogP contribution < -0.4 is 20.3 Å². The molecule has 0 atom stereocenters. The highest BCUT2D eigenvalue weighted by Gasteiger charge is 2.15. The Balaban J connectivity index is 1.66. The molecule has 0 saturated heterocycles. The van der Waals surface area contributed by atoms with Crippen molar-refractivity contribution in [1.82, 2.24) is 25.6 Å². The normalized spacial score (nSPS) is 10.7. The summed E-state index contributed by atoms with van der Waals surface area (Å²) in [5.41, 5.74) is 7.02. The monoisotopic (exact) mass is 455 g/mol. The Labute approximate surface area is 190 Å². The molecule has 0 bridgehead atoms. The lowest BCUT2D eigenvalue weighted by Gasteiger charge is -2.14. The van der Waals surface area contributed by atoms with Crippen molar-refractivity contribution in [2.24, 2.45) is 0 Å². The van der Waals surface area contributed by atoms with Crippen molar-refractivity contribution in [3.8, 4) is 22.9 Å². The van der Waals surface area contributed by atoms with Crippen LogP contribution in [0.4, 0.5) is 0 Å². The Bertz CT molecular complexity index is 1170. The molecule has 0 aliphatic carbocycles. The number of hydrazine groups is 1. The van der Waals surface area contributed by atoms with E-state index in [0.717, 1.165) is 11.1 Å². The van der Waals surface area contributed by atoms with Crippen LogP contribution in [0.5, 0.6) is 11.5 Å². The lowest BCUT2D eigenvalue weighted by molar-refractivity contribution is -0.122. The topological polar surface area (TPSA) is 110 Å². The minimum Gasteiger partial charge on any atom is -0.493 e. The van der Waals surface area contributed by atoms with Gasteiger partial charge in [-0.05, 0) is 51.2 Å². The number of hydrogen-bond acceptors (Lipinski definition) is 6. The number of carbonyl (C=O) groups excluding carboxylic acids is 2. The molecule has 32 heavy (non-hydrogen) atoms. The lowest BCUT2D eigenvalue weighted by Crippen LogP contribution is -2.43. The molecule has 1 aromatic heterocycles. The summed E-state index contributed by atoms with van der Waals surface area (Å²) in [6, 6.07) is 12.5. The second-order valence-electron chi connectivity index (χ2n) is 7.34. The molecule has 3 N–H and O–H groups in total. The molecule has 9 nitrogen and oxygen atoms in total. The molecule has 0 saturated carbocycles. The quantitative estimate of drug-likeness (QED) is 0.373. The third kappa shape index (κ3) is 5.52. The van der Waals surface area contributed by atoms with Crippen LogP contribution in [-0.4, -0.2) is 39.8 Å².